The van der Waals surface area contributed by atoms with E-state index >= 15 is 0 Å². The summed E-state index contributed by atoms with van der Waals surface area (Å²) in [4.78, 5) is 12.4. The van der Waals surface area contributed by atoms with Crippen LogP contribution in [0.2, 0.25) is 0 Å². The zero-order valence-electron chi connectivity index (χ0n) is 15.2. The number of rotatable bonds is 5. The second-order valence-electron chi connectivity index (χ2n) is 6.33. The number of aromatic nitrogens is 2. The Morgan fingerprint density at radius 3 is 2.46 bits per heavy atom. The van der Waals surface area contributed by atoms with Crippen LogP contribution in [-0.4, -0.2) is 15.6 Å². The van der Waals surface area contributed by atoms with E-state index in [2.05, 4.69) is 5.10 Å². The van der Waals surface area contributed by atoms with Crippen molar-refractivity contribution in [3.63, 3.8) is 0 Å². The molecule has 28 heavy (non-hydrogen) atoms. The van der Waals surface area contributed by atoms with E-state index in [0.29, 0.717) is 17.0 Å². The van der Waals surface area contributed by atoms with E-state index in [1.807, 2.05) is 55.6 Å². The number of carbonyl (C=O) groups is 1. The van der Waals surface area contributed by atoms with E-state index in [-0.39, 0.29) is 11.6 Å². The highest BCUT2D eigenvalue weighted by Gasteiger charge is 2.14. The predicted molar refractivity (Wildman–Crippen MR) is 106 cm³/mol. The molecule has 0 bridgehead atoms. The number of ketones is 1. The molecule has 0 aliphatic rings. The van der Waals surface area contributed by atoms with E-state index in [4.69, 9.17) is 4.42 Å². The van der Waals surface area contributed by atoms with Gasteiger partial charge in [0.1, 0.15) is 17.3 Å². The second kappa shape index (κ2) is 7.48. The van der Waals surface area contributed by atoms with Gasteiger partial charge in [-0.3, -0.25) is 4.79 Å². The highest BCUT2D eigenvalue weighted by Crippen LogP contribution is 2.26. The summed E-state index contributed by atoms with van der Waals surface area (Å²) in [6, 6.07) is 18.9. The SMILES string of the molecule is Cc1ccc(-c2nn(-c3ccccc3)cc2C=CC(=O)c2ccc(F)cc2)o1. The molecule has 0 fully saturated rings. The summed E-state index contributed by atoms with van der Waals surface area (Å²) in [5, 5.41) is 4.64. The first kappa shape index (κ1) is 17.7. The van der Waals surface area contributed by atoms with Gasteiger partial charge in [-0.1, -0.05) is 18.2 Å². The zero-order valence-corrected chi connectivity index (χ0v) is 15.2. The van der Waals surface area contributed by atoms with Crippen molar-refractivity contribution in [1.29, 1.82) is 0 Å². The number of benzene rings is 2. The molecule has 0 atom stereocenters. The van der Waals surface area contributed by atoms with E-state index in [9.17, 15) is 9.18 Å². The van der Waals surface area contributed by atoms with Crippen LogP contribution in [0.3, 0.4) is 0 Å². The third kappa shape index (κ3) is 3.69. The van der Waals surface area contributed by atoms with Gasteiger partial charge in [-0.05, 0) is 67.6 Å². The van der Waals surface area contributed by atoms with E-state index in [1.165, 1.54) is 30.3 Å². The van der Waals surface area contributed by atoms with Crippen LogP contribution < -0.4 is 0 Å². The van der Waals surface area contributed by atoms with Crippen LogP contribution in [0.1, 0.15) is 21.7 Å². The Morgan fingerprint density at radius 2 is 1.79 bits per heavy atom. The Hall–Kier alpha value is -3.73. The average Bonchev–Trinajstić information content (AvgIpc) is 3.33. The lowest BCUT2D eigenvalue weighted by atomic mass is 10.1. The number of carbonyl (C=O) groups excluding carboxylic acids is 1. The van der Waals surface area contributed by atoms with Crippen LogP contribution in [0.25, 0.3) is 23.2 Å². The van der Waals surface area contributed by atoms with Gasteiger partial charge < -0.3 is 4.42 Å². The van der Waals surface area contributed by atoms with Crippen LogP contribution in [0.4, 0.5) is 4.39 Å². The molecular formula is C23H17FN2O2. The van der Waals surface area contributed by atoms with Crippen molar-refractivity contribution in [2.45, 2.75) is 6.92 Å². The van der Waals surface area contributed by atoms with Crippen molar-refractivity contribution in [2.75, 3.05) is 0 Å². The fraction of sp³-hybridized carbons (Fsp3) is 0.0435. The first-order valence-corrected chi connectivity index (χ1v) is 8.80. The number of aryl methyl sites for hydroxylation is 1. The number of furan rings is 1. The van der Waals surface area contributed by atoms with Crippen LogP contribution >= 0.6 is 0 Å². The summed E-state index contributed by atoms with van der Waals surface area (Å²) in [5.74, 6) is 0.817. The molecule has 0 saturated heterocycles. The number of halogens is 1. The van der Waals surface area contributed by atoms with Gasteiger partial charge in [0.15, 0.2) is 11.5 Å². The van der Waals surface area contributed by atoms with Crippen LogP contribution in [-0.2, 0) is 0 Å². The van der Waals surface area contributed by atoms with Gasteiger partial charge in [0.05, 0.1) is 5.69 Å². The first-order valence-electron chi connectivity index (χ1n) is 8.80. The molecular weight excluding hydrogens is 355 g/mol. The van der Waals surface area contributed by atoms with E-state index in [0.717, 1.165) is 17.0 Å². The van der Waals surface area contributed by atoms with E-state index in [1.54, 1.807) is 10.8 Å². The summed E-state index contributed by atoms with van der Waals surface area (Å²) in [6.45, 7) is 1.87. The monoisotopic (exact) mass is 372 g/mol. The number of nitrogens with zero attached hydrogens (tertiary/aromatic N) is 2. The van der Waals surface area contributed by atoms with Crippen molar-refractivity contribution in [3.8, 4) is 17.1 Å². The molecule has 0 saturated carbocycles. The van der Waals surface area contributed by atoms with Crippen LogP contribution in [0.15, 0.2) is 83.4 Å². The maximum Gasteiger partial charge on any atom is 0.185 e. The third-order valence-electron chi connectivity index (χ3n) is 4.28. The second-order valence-corrected chi connectivity index (χ2v) is 6.33. The Bertz CT molecular complexity index is 1140. The lowest BCUT2D eigenvalue weighted by Crippen LogP contribution is -1.93. The maximum absolute atomic E-state index is 13.1. The number of hydrogen-bond donors (Lipinski definition) is 0. The average molecular weight is 372 g/mol. The molecule has 4 rings (SSSR count). The molecule has 2 heterocycles. The molecule has 4 aromatic rings. The smallest absolute Gasteiger partial charge is 0.185 e. The topological polar surface area (TPSA) is 48.0 Å². The Morgan fingerprint density at radius 1 is 1.04 bits per heavy atom. The lowest BCUT2D eigenvalue weighted by Gasteiger charge is -1.98. The molecule has 4 nitrogen and oxygen atoms in total. The Labute approximate surface area is 161 Å². The first-order chi connectivity index (χ1) is 13.6. The minimum absolute atomic E-state index is 0.214. The molecule has 0 N–H and O–H groups in total. The lowest BCUT2D eigenvalue weighted by molar-refractivity contribution is 0.104. The molecule has 0 radical (unpaired) electrons. The summed E-state index contributed by atoms with van der Waals surface area (Å²) in [6.07, 6.45) is 5.00. The van der Waals surface area contributed by atoms with Crippen molar-refractivity contribution in [1.82, 2.24) is 9.78 Å². The van der Waals surface area contributed by atoms with Gasteiger partial charge in [-0.2, -0.15) is 5.10 Å². The molecule has 0 spiro atoms. The fourth-order valence-electron chi connectivity index (χ4n) is 2.85. The summed E-state index contributed by atoms with van der Waals surface area (Å²) >= 11 is 0. The zero-order chi connectivity index (χ0) is 19.5. The largest absolute Gasteiger partial charge is 0.460 e. The number of para-hydroxylation sites is 1. The van der Waals surface area contributed by atoms with Crippen LogP contribution in [0.5, 0.6) is 0 Å². The molecule has 0 aliphatic carbocycles. The molecule has 0 unspecified atom stereocenters. The van der Waals surface area contributed by atoms with Gasteiger partial charge in [0.2, 0.25) is 0 Å². The van der Waals surface area contributed by atoms with Gasteiger partial charge in [-0.25, -0.2) is 9.07 Å². The molecule has 5 heteroatoms. The minimum Gasteiger partial charge on any atom is -0.460 e. The standard InChI is InChI=1S/C23H17FN2O2/c1-16-7-14-22(28-16)23-18(15-26(25-23)20-5-3-2-4-6-20)10-13-21(27)17-8-11-19(24)12-9-17/h2-15H,1H3. The summed E-state index contributed by atoms with van der Waals surface area (Å²) < 4.78 is 20.5. The minimum atomic E-state index is -0.375. The molecule has 2 aromatic heterocycles. The number of allylic oxidation sites excluding steroid dienone is 1. The van der Waals surface area contributed by atoms with Crippen LogP contribution in [0, 0.1) is 12.7 Å². The summed E-state index contributed by atoms with van der Waals surface area (Å²) in [7, 11) is 0. The molecule has 0 amide bonds. The highest BCUT2D eigenvalue weighted by molar-refractivity contribution is 6.07. The van der Waals surface area contributed by atoms with Gasteiger partial charge in [0.25, 0.3) is 0 Å². The molecule has 2 aromatic carbocycles. The van der Waals surface area contributed by atoms with Gasteiger partial charge in [-0.15, -0.1) is 0 Å². The van der Waals surface area contributed by atoms with E-state index < -0.39 is 0 Å². The summed E-state index contributed by atoms with van der Waals surface area (Å²) in [5.41, 5.74) is 2.70. The van der Waals surface area contributed by atoms with Gasteiger partial charge >= 0.3 is 0 Å². The van der Waals surface area contributed by atoms with Crippen molar-refractivity contribution < 1.29 is 13.6 Å². The number of hydrogen-bond acceptors (Lipinski definition) is 3. The molecule has 0 aliphatic heterocycles. The Kier molecular flexibility index (Phi) is 4.72. The van der Waals surface area contributed by atoms with Gasteiger partial charge in [0, 0.05) is 17.3 Å². The fourth-order valence-corrected chi connectivity index (χ4v) is 2.85. The molecule has 138 valence electrons. The van der Waals surface area contributed by atoms with Crippen molar-refractivity contribution in [3.05, 3.63) is 102 Å². The Balaban J connectivity index is 1.71. The quantitative estimate of drug-likeness (QED) is 0.344. The third-order valence-corrected chi connectivity index (χ3v) is 4.28. The highest BCUT2D eigenvalue weighted by atomic mass is 19.1. The predicted octanol–water partition coefficient (Wildman–Crippen LogP) is 5.48. The van der Waals surface area contributed by atoms with Crippen molar-refractivity contribution >= 4 is 11.9 Å². The normalized spacial score (nSPS) is 11.2. The maximum atomic E-state index is 13.1. The van der Waals surface area contributed by atoms with Crippen molar-refractivity contribution in [2.24, 2.45) is 0 Å².